The number of ether oxygens (including phenoxy) is 3. The van der Waals surface area contributed by atoms with Crippen molar-refractivity contribution < 1.29 is 32.2 Å². The summed E-state index contributed by atoms with van der Waals surface area (Å²) in [7, 11) is 2.85. The molecule has 3 aromatic rings. The van der Waals surface area contributed by atoms with Crippen molar-refractivity contribution in [1.82, 2.24) is 0 Å². The molecule has 1 aromatic heterocycles. The predicted molar refractivity (Wildman–Crippen MR) is 95.8 cm³/mol. The van der Waals surface area contributed by atoms with E-state index in [9.17, 15) is 13.6 Å². The topological polar surface area (TPSA) is 57.9 Å². The van der Waals surface area contributed by atoms with Crippen molar-refractivity contribution >= 4 is 22.8 Å². The van der Waals surface area contributed by atoms with E-state index in [4.69, 9.17) is 13.9 Å². The number of halogens is 2. The second-order valence-electron chi connectivity index (χ2n) is 5.47. The van der Waals surface area contributed by atoms with Gasteiger partial charge in [-0.3, -0.25) is 4.79 Å². The number of rotatable bonds is 7. The third kappa shape index (κ3) is 4.08. The molecule has 0 aliphatic rings. The van der Waals surface area contributed by atoms with Crippen LogP contribution in [0, 0.1) is 0 Å². The highest BCUT2D eigenvalue weighted by Crippen LogP contribution is 2.31. The molecule has 140 valence electrons. The second kappa shape index (κ2) is 7.90. The summed E-state index contributed by atoms with van der Waals surface area (Å²) >= 11 is 0. The Morgan fingerprint density at radius 1 is 1.04 bits per heavy atom. The summed E-state index contributed by atoms with van der Waals surface area (Å²) in [5.74, 6) is 0.634. The molecule has 3 rings (SSSR count). The minimum Gasteiger partial charge on any atom is -0.493 e. The van der Waals surface area contributed by atoms with Gasteiger partial charge in [0.15, 0.2) is 28.6 Å². The Balaban J connectivity index is 1.82. The SMILES string of the molecule is COc1cc(C(=O)/C=C/c2cc3cccc(OC)c3o2)ccc1OC(F)F. The van der Waals surface area contributed by atoms with Gasteiger partial charge in [0.05, 0.1) is 14.2 Å². The van der Waals surface area contributed by atoms with Crippen LogP contribution in [-0.4, -0.2) is 26.6 Å². The zero-order valence-corrected chi connectivity index (χ0v) is 14.6. The maximum Gasteiger partial charge on any atom is 0.387 e. The molecule has 0 saturated heterocycles. The molecule has 0 fully saturated rings. The minimum absolute atomic E-state index is 0.0445. The fourth-order valence-electron chi connectivity index (χ4n) is 2.57. The summed E-state index contributed by atoms with van der Waals surface area (Å²) in [4.78, 5) is 12.4. The molecule has 0 spiro atoms. The normalized spacial score (nSPS) is 11.3. The fourth-order valence-corrected chi connectivity index (χ4v) is 2.57. The number of methoxy groups -OCH3 is 2. The second-order valence-corrected chi connectivity index (χ2v) is 5.47. The van der Waals surface area contributed by atoms with Crippen molar-refractivity contribution in [3.05, 3.63) is 59.9 Å². The van der Waals surface area contributed by atoms with E-state index in [1.54, 1.807) is 19.2 Å². The van der Waals surface area contributed by atoms with Gasteiger partial charge < -0.3 is 18.6 Å². The largest absolute Gasteiger partial charge is 0.493 e. The van der Waals surface area contributed by atoms with Crippen LogP contribution in [0.5, 0.6) is 17.2 Å². The molecular formula is C20H16F2O5. The van der Waals surface area contributed by atoms with Crippen molar-refractivity contribution in [2.45, 2.75) is 6.61 Å². The van der Waals surface area contributed by atoms with Crippen LogP contribution in [0.1, 0.15) is 16.1 Å². The number of carbonyl (C=O) groups is 1. The van der Waals surface area contributed by atoms with Crippen LogP contribution in [0.2, 0.25) is 0 Å². The van der Waals surface area contributed by atoms with Crippen LogP contribution in [0.25, 0.3) is 17.0 Å². The maximum atomic E-state index is 12.4. The summed E-state index contributed by atoms with van der Waals surface area (Å²) in [6.45, 7) is -2.98. The van der Waals surface area contributed by atoms with E-state index in [1.165, 1.54) is 37.5 Å². The molecule has 0 radical (unpaired) electrons. The van der Waals surface area contributed by atoms with Gasteiger partial charge in [0.1, 0.15) is 5.76 Å². The van der Waals surface area contributed by atoms with E-state index in [0.717, 1.165) is 5.39 Å². The minimum atomic E-state index is -2.98. The number of hydrogen-bond donors (Lipinski definition) is 0. The highest BCUT2D eigenvalue weighted by atomic mass is 19.3. The quantitative estimate of drug-likeness (QED) is 0.433. The Kier molecular flexibility index (Phi) is 5.40. The highest BCUT2D eigenvalue weighted by molar-refractivity contribution is 6.07. The highest BCUT2D eigenvalue weighted by Gasteiger charge is 2.13. The Morgan fingerprint density at radius 2 is 1.81 bits per heavy atom. The first-order chi connectivity index (χ1) is 13.0. The summed E-state index contributed by atoms with van der Waals surface area (Å²) in [6, 6.07) is 11.2. The van der Waals surface area contributed by atoms with Gasteiger partial charge in [0, 0.05) is 10.9 Å². The molecule has 0 unspecified atom stereocenters. The predicted octanol–water partition coefficient (Wildman–Crippen LogP) is 4.95. The number of allylic oxidation sites excluding steroid dienone is 1. The van der Waals surface area contributed by atoms with Gasteiger partial charge in [-0.2, -0.15) is 8.78 Å². The monoisotopic (exact) mass is 374 g/mol. The summed E-state index contributed by atoms with van der Waals surface area (Å²) < 4.78 is 45.0. The van der Waals surface area contributed by atoms with E-state index in [2.05, 4.69) is 4.74 Å². The van der Waals surface area contributed by atoms with Gasteiger partial charge in [-0.15, -0.1) is 0 Å². The Morgan fingerprint density at radius 3 is 2.52 bits per heavy atom. The molecule has 7 heteroatoms. The number of alkyl halides is 2. The van der Waals surface area contributed by atoms with Crippen LogP contribution in [0.3, 0.4) is 0 Å². The number of fused-ring (bicyclic) bond motifs is 1. The number of hydrogen-bond acceptors (Lipinski definition) is 5. The molecule has 0 aliphatic carbocycles. The lowest BCUT2D eigenvalue weighted by atomic mass is 10.1. The van der Waals surface area contributed by atoms with Gasteiger partial charge >= 0.3 is 6.61 Å². The molecule has 1 heterocycles. The first-order valence-electron chi connectivity index (χ1n) is 7.93. The summed E-state index contributed by atoms with van der Waals surface area (Å²) in [6.07, 6.45) is 2.85. The Labute approximate surface area is 153 Å². The van der Waals surface area contributed by atoms with Crippen molar-refractivity contribution in [3.63, 3.8) is 0 Å². The Hall–Kier alpha value is -3.35. The molecule has 0 aliphatic heterocycles. The molecular weight excluding hydrogens is 358 g/mol. The van der Waals surface area contributed by atoms with Gasteiger partial charge in [0.25, 0.3) is 0 Å². The first kappa shape index (κ1) is 18.4. The average molecular weight is 374 g/mol. The zero-order valence-electron chi connectivity index (χ0n) is 14.6. The molecule has 2 aromatic carbocycles. The molecule has 0 atom stereocenters. The van der Waals surface area contributed by atoms with Crippen molar-refractivity contribution in [2.24, 2.45) is 0 Å². The first-order valence-corrected chi connectivity index (χ1v) is 7.93. The van der Waals surface area contributed by atoms with Crippen molar-refractivity contribution in [3.8, 4) is 17.2 Å². The van der Waals surface area contributed by atoms with Crippen LogP contribution >= 0.6 is 0 Å². The van der Waals surface area contributed by atoms with Crippen molar-refractivity contribution in [1.29, 1.82) is 0 Å². The molecule has 0 N–H and O–H groups in total. The van der Waals surface area contributed by atoms with E-state index < -0.39 is 6.61 Å². The Bertz CT molecular complexity index is 991. The van der Waals surface area contributed by atoms with Gasteiger partial charge in [-0.05, 0) is 42.5 Å². The maximum absolute atomic E-state index is 12.4. The number of para-hydroxylation sites is 1. The van der Waals surface area contributed by atoms with Gasteiger partial charge in [-0.1, -0.05) is 12.1 Å². The number of ketones is 1. The van der Waals surface area contributed by atoms with Gasteiger partial charge in [0.2, 0.25) is 0 Å². The molecule has 5 nitrogen and oxygen atoms in total. The molecule has 0 bridgehead atoms. The standard InChI is InChI=1S/C20H16F2O5/c1-24-17-5-3-4-13-10-14(26-19(13)17)7-8-15(23)12-6-9-16(27-20(21)22)18(11-12)25-2/h3-11,20H,1-2H3/b8-7+. The van der Waals surface area contributed by atoms with Crippen LogP contribution in [0.4, 0.5) is 8.78 Å². The summed E-state index contributed by atoms with van der Waals surface area (Å²) in [5, 5.41) is 0.844. The summed E-state index contributed by atoms with van der Waals surface area (Å²) in [5.41, 5.74) is 0.848. The van der Waals surface area contributed by atoms with Crippen molar-refractivity contribution in [2.75, 3.05) is 14.2 Å². The van der Waals surface area contributed by atoms with Gasteiger partial charge in [-0.25, -0.2) is 0 Å². The van der Waals surface area contributed by atoms with Crippen LogP contribution < -0.4 is 14.2 Å². The van der Waals surface area contributed by atoms with E-state index >= 15 is 0 Å². The zero-order chi connectivity index (χ0) is 19.4. The molecule has 27 heavy (non-hydrogen) atoms. The smallest absolute Gasteiger partial charge is 0.387 e. The number of furan rings is 1. The molecule has 0 amide bonds. The average Bonchev–Trinajstić information content (AvgIpc) is 3.09. The third-order valence-electron chi connectivity index (χ3n) is 3.81. The van der Waals surface area contributed by atoms with E-state index in [0.29, 0.717) is 17.1 Å². The third-order valence-corrected chi connectivity index (χ3v) is 3.81. The lowest BCUT2D eigenvalue weighted by Gasteiger charge is -2.10. The van der Waals surface area contributed by atoms with Crippen LogP contribution in [-0.2, 0) is 0 Å². The molecule has 0 saturated carbocycles. The fraction of sp³-hybridized carbons (Fsp3) is 0.150. The van der Waals surface area contributed by atoms with E-state index in [1.807, 2.05) is 12.1 Å². The number of carbonyl (C=O) groups excluding carboxylic acids is 1. The number of benzene rings is 2. The van der Waals surface area contributed by atoms with E-state index in [-0.39, 0.29) is 22.8 Å². The lowest BCUT2D eigenvalue weighted by Crippen LogP contribution is -2.04. The van der Waals surface area contributed by atoms with Crippen LogP contribution in [0.15, 0.2) is 53.0 Å². The lowest BCUT2D eigenvalue weighted by molar-refractivity contribution is -0.0512.